The Hall–Kier alpha value is -2.28. The first-order valence-corrected chi connectivity index (χ1v) is 18.8. The molecule has 0 atom stereocenters. The van der Waals surface area contributed by atoms with Crippen molar-refractivity contribution in [2.24, 2.45) is 0 Å². The number of rotatable bonds is 6. The van der Waals surface area contributed by atoms with E-state index in [2.05, 4.69) is 127 Å². The fourth-order valence-corrected chi connectivity index (χ4v) is 33.1. The van der Waals surface area contributed by atoms with Gasteiger partial charge in [-0.2, -0.15) is 0 Å². The molecule has 0 unspecified atom stereocenters. The predicted molar refractivity (Wildman–Crippen MR) is 128 cm³/mol. The summed E-state index contributed by atoms with van der Waals surface area (Å²) in [5.74, 6) is 0. The van der Waals surface area contributed by atoms with Crippen LogP contribution in [-0.4, -0.2) is 5.20 Å². The van der Waals surface area contributed by atoms with Gasteiger partial charge in [0.25, 0.3) is 0 Å². The Morgan fingerprint density at radius 1 is 0.500 bits per heavy atom. The van der Waals surface area contributed by atoms with E-state index in [-0.39, 0.29) is 0 Å². The average molecular weight is 481 g/mol. The van der Waals surface area contributed by atoms with Gasteiger partial charge in [0, 0.05) is 0 Å². The zero-order valence-electron chi connectivity index (χ0n) is 17.0. The minimum absolute atomic E-state index is 1.13. The van der Waals surface area contributed by atoms with Crippen molar-refractivity contribution in [1.82, 2.24) is 0 Å². The predicted octanol–water partition coefficient (Wildman–Crippen LogP) is 4.96. The molecule has 30 heavy (non-hydrogen) atoms. The van der Waals surface area contributed by atoms with Crippen LogP contribution >= 0.6 is 0 Å². The van der Waals surface area contributed by atoms with Gasteiger partial charge in [0.1, 0.15) is 0 Å². The molecule has 0 aromatic heterocycles. The van der Waals surface area contributed by atoms with E-state index in [0.717, 1.165) is 12.8 Å². The Bertz CT molecular complexity index is 998. The Labute approximate surface area is 187 Å². The van der Waals surface area contributed by atoms with E-state index in [1.165, 1.54) is 0 Å². The molecular formula is C28H25SiZr. The SMILES string of the molecule is C1=CC[C]([Zr]([C]2=CC=CC2)[Si](c2ccccc2)(c2ccccc2)c2ccccc2)=C1. The maximum atomic E-state index is 2.46. The zero-order valence-corrected chi connectivity index (χ0v) is 20.5. The fourth-order valence-electron chi connectivity index (χ4n) is 4.95. The van der Waals surface area contributed by atoms with Crippen LogP contribution < -0.4 is 15.6 Å². The van der Waals surface area contributed by atoms with Crippen LogP contribution in [0.3, 0.4) is 0 Å². The monoisotopic (exact) mass is 479 g/mol. The van der Waals surface area contributed by atoms with Gasteiger partial charge in [0.15, 0.2) is 0 Å². The molecule has 0 N–H and O–H groups in total. The topological polar surface area (TPSA) is 0 Å². The Morgan fingerprint density at radius 3 is 1.17 bits per heavy atom. The van der Waals surface area contributed by atoms with E-state index in [4.69, 9.17) is 0 Å². The molecule has 3 aromatic carbocycles. The van der Waals surface area contributed by atoms with E-state index in [0.29, 0.717) is 0 Å². The number of benzene rings is 3. The molecular weight excluding hydrogens is 456 g/mol. The summed E-state index contributed by atoms with van der Waals surface area (Å²) in [5, 5.41) is 2.50. The maximum absolute atomic E-state index is 2.46. The summed E-state index contributed by atoms with van der Waals surface area (Å²) >= 11 is -2.34. The van der Waals surface area contributed by atoms with Gasteiger partial charge in [-0.05, 0) is 0 Å². The fraction of sp³-hybridized carbons (Fsp3) is 0.0714. The molecule has 0 spiro atoms. The summed E-state index contributed by atoms with van der Waals surface area (Å²) in [4.78, 5) is 0. The molecule has 0 saturated heterocycles. The molecule has 0 saturated carbocycles. The van der Waals surface area contributed by atoms with Crippen LogP contribution in [0.4, 0.5) is 0 Å². The summed E-state index contributed by atoms with van der Waals surface area (Å²) < 4.78 is 3.49. The molecule has 2 aliphatic carbocycles. The molecule has 0 heterocycles. The van der Waals surface area contributed by atoms with E-state index < -0.39 is 26.1 Å². The van der Waals surface area contributed by atoms with Crippen LogP contribution in [0, 0.1) is 0 Å². The number of hydrogen-bond acceptors (Lipinski definition) is 0. The van der Waals surface area contributed by atoms with E-state index in [1.54, 1.807) is 22.1 Å². The summed E-state index contributed by atoms with van der Waals surface area (Å²) in [5.41, 5.74) is 0. The third kappa shape index (κ3) is 3.43. The number of hydrogen-bond donors (Lipinski definition) is 0. The molecule has 0 aliphatic heterocycles. The molecule has 0 radical (unpaired) electrons. The normalized spacial score (nSPS) is 15.2. The molecule has 0 amide bonds. The molecule has 2 aliphatic rings. The second kappa shape index (κ2) is 8.84. The first-order valence-electron chi connectivity index (χ1n) is 10.7. The first kappa shape index (κ1) is 19.7. The van der Waals surface area contributed by atoms with Crippen molar-refractivity contribution in [1.29, 1.82) is 0 Å². The third-order valence-corrected chi connectivity index (χ3v) is 31.2. The summed E-state index contributed by atoms with van der Waals surface area (Å²) in [6.45, 7) is 0. The summed E-state index contributed by atoms with van der Waals surface area (Å²) in [6.07, 6.45) is 16.5. The molecule has 0 fully saturated rings. The van der Waals surface area contributed by atoms with Crippen LogP contribution in [0.2, 0.25) is 0 Å². The molecule has 2 heteroatoms. The molecule has 3 aromatic rings. The molecule has 145 valence electrons. The minimum atomic E-state index is -2.34. The van der Waals surface area contributed by atoms with Crippen LogP contribution in [0.5, 0.6) is 0 Å². The van der Waals surface area contributed by atoms with Gasteiger partial charge in [0.05, 0.1) is 0 Å². The van der Waals surface area contributed by atoms with Crippen molar-refractivity contribution < 1.29 is 20.9 Å². The summed E-state index contributed by atoms with van der Waals surface area (Å²) in [7, 11) is 0. The van der Waals surface area contributed by atoms with Gasteiger partial charge >= 0.3 is 189 Å². The quantitative estimate of drug-likeness (QED) is 0.346. The van der Waals surface area contributed by atoms with Crippen LogP contribution in [0.15, 0.2) is 134 Å². The van der Waals surface area contributed by atoms with Gasteiger partial charge in [-0.25, -0.2) is 0 Å². The number of allylic oxidation sites excluding steroid dienone is 8. The first-order chi connectivity index (χ1) is 14.9. The molecule has 0 bridgehead atoms. The Morgan fingerprint density at radius 2 is 0.867 bits per heavy atom. The van der Waals surface area contributed by atoms with Gasteiger partial charge in [-0.3, -0.25) is 0 Å². The van der Waals surface area contributed by atoms with Gasteiger partial charge < -0.3 is 0 Å². The van der Waals surface area contributed by atoms with Crippen molar-refractivity contribution in [3.05, 3.63) is 134 Å². The second-order valence-electron chi connectivity index (χ2n) is 7.87. The van der Waals surface area contributed by atoms with Crippen LogP contribution in [0.1, 0.15) is 12.8 Å². The zero-order chi connectivity index (χ0) is 20.2. The third-order valence-electron chi connectivity index (χ3n) is 6.18. The van der Waals surface area contributed by atoms with E-state index in [1.807, 2.05) is 0 Å². The van der Waals surface area contributed by atoms with Gasteiger partial charge in [-0.1, -0.05) is 0 Å². The standard InChI is InChI=1S/C18H15Si.2C5H5.Zr/c1-4-10-16(11-5-1)19(17-12-6-2-7-13-17)18-14-8-3-9-15-18;2*1-2-4-5-3-1;/h1-15H;2*1-3H,4H2;. The average Bonchev–Trinajstić information content (AvgIpc) is 3.54. The van der Waals surface area contributed by atoms with Crippen LogP contribution in [-0.2, 0) is 20.9 Å². The second-order valence-corrected chi connectivity index (χ2v) is 24.6. The molecule has 0 nitrogen and oxygen atoms in total. The van der Waals surface area contributed by atoms with Gasteiger partial charge in [-0.15, -0.1) is 0 Å². The van der Waals surface area contributed by atoms with E-state index in [9.17, 15) is 0 Å². The Balaban J connectivity index is 1.87. The van der Waals surface area contributed by atoms with Crippen molar-refractivity contribution in [2.45, 2.75) is 12.8 Å². The van der Waals surface area contributed by atoms with Crippen molar-refractivity contribution >= 4 is 20.8 Å². The van der Waals surface area contributed by atoms with E-state index >= 15 is 0 Å². The van der Waals surface area contributed by atoms with Crippen molar-refractivity contribution in [3.63, 3.8) is 0 Å². The van der Waals surface area contributed by atoms with Gasteiger partial charge in [0.2, 0.25) is 0 Å². The summed E-state index contributed by atoms with van der Waals surface area (Å²) in [6, 6.07) is 34.4. The molecule has 5 rings (SSSR count). The Kier molecular flexibility index (Phi) is 5.79. The van der Waals surface area contributed by atoms with Crippen LogP contribution in [0.25, 0.3) is 0 Å². The van der Waals surface area contributed by atoms with Crippen molar-refractivity contribution in [2.75, 3.05) is 0 Å². The van der Waals surface area contributed by atoms with Crippen molar-refractivity contribution in [3.8, 4) is 0 Å².